The van der Waals surface area contributed by atoms with Gasteiger partial charge in [0.05, 0.1) is 5.54 Å². The Hall–Kier alpha value is -1.22. The van der Waals surface area contributed by atoms with Crippen LogP contribution < -0.4 is 5.32 Å². The van der Waals surface area contributed by atoms with Crippen LogP contribution >= 0.6 is 11.6 Å². The molecule has 1 aromatic rings. The number of rotatable bonds is 2. The highest BCUT2D eigenvalue weighted by Crippen LogP contribution is 2.45. The highest BCUT2D eigenvalue weighted by atomic mass is 35.5. The molecular weight excluding hydrogens is 272 g/mol. The second-order valence-electron chi connectivity index (χ2n) is 5.92. The Bertz CT molecular complexity index is 474. The molecule has 0 spiro atoms. The third-order valence-corrected chi connectivity index (χ3v) is 4.64. The van der Waals surface area contributed by atoms with E-state index in [4.69, 9.17) is 11.6 Å². The van der Waals surface area contributed by atoms with Crippen molar-refractivity contribution >= 4 is 17.6 Å². The molecule has 3 rings (SSSR count). The van der Waals surface area contributed by atoms with Crippen molar-refractivity contribution in [2.45, 2.75) is 44.1 Å². The maximum Gasteiger partial charge on any atom is 0.318 e. The average Bonchev–Trinajstić information content (AvgIpc) is 3.23. The monoisotopic (exact) mass is 292 g/mol. The van der Waals surface area contributed by atoms with Crippen LogP contribution in [0.1, 0.15) is 44.1 Å². The number of urea groups is 1. The number of carbonyl (C=O) groups is 1. The minimum Gasteiger partial charge on any atom is -0.328 e. The van der Waals surface area contributed by atoms with Crippen LogP contribution in [0, 0.1) is 0 Å². The van der Waals surface area contributed by atoms with Gasteiger partial charge in [0.2, 0.25) is 0 Å². The van der Waals surface area contributed by atoms with Gasteiger partial charge in [-0.3, -0.25) is 0 Å². The first kappa shape index (κ1) is 13.7. The zero-order valence-corrected chi connectivity index (χ0v) is 12.5. The van der Waals surface area contributed by atoms with E-state index in [-0.39, 0.29) is 11.6 Å². The number of carbonyl (C=O) groups excluding carboxylic acids is 1. The third-order valence-electron chi connectivity index (χ3n) is 4.39. The van der Waals surface area contributed by atoms with Crippen LogP contribution in [0.4, 0.5) is 4.79 Å². The Labute approximate surface area is 125 Å². The number of hydrogen-bond donors (Lipinski definition) is 1. The zero-order chi connectivity index (χ0) is 14.0. The van der Waals surface area contributed by atoms with Gasteiger partial charge in [-0.15, -0.1) is 0 Å². The molecule has 1 heterocycles. The smallest absolute Gasteiger partial charge is 0.318 e. The largest absolute Gasteiger partial charge is 0.328 e. The molecule has 1 aliphatic heterocycles. The molecule has 108 valence electrons. The summed E-state index contributed by atoms with van der Waals surface area (Å²) < 4.78 is 0. The average molecular weight is 293 g/mol. The fraction of sp³-hybridized carbons (Fsp3) is 0.562. The van der Waals surface area contributed by atoms with Gasteiger partial charge in [0.15, 0.2) is 0 Å². The lowest BCUT2D eigenvalue weighted by Gasteiger charge is -2.25. The maximum absolute atomic E-state index is 12.4. The summed E-state index contributed by atoms with van der Waals surface area (Å²) in [5, 5.41) is 3.98. The van der Waals surface area contributed by atoms with Gasteiger partial charge in [0, 0.05) is 18.1 Å². The van der Waals surface area contributed by atoms with E-state index in [9.17, 15) is 4.79 Å². The van der Waals surface area contributed by atoms with Crippen LogP contribution in [-0.4, -0.2) is 24.0 Å². The molecule has 2 aliphatic rings. The van der Waals surface area contributed by atoms with Crippen molar-refractivity contribution < 1.29 is 4.79 Å². The van der Waals surface area contributed by atoms with Crippen molar-refractivity contribution in [3.63, 3.8) is 0 Å². The number of benzene rings is 1. The molecule has 20 heavy (non-hydrogen) atoms. The Morgan fingerprint density at radius 3 is 2.20 bits per heavy atom. The molecule has 0 unspecified atom stereocenters. The lowest BCUT2D eigenvalue weighted by atomic mass is 10.1. The van der Waals surface area contributed by atoms with Crippen LogP contribution in [0.2, 0.25) is 5.02 Å². The second kappa shape index (κ2) is 5.65. The van der Waals surface area contributed by atoms with Crippen molar-refractivity contribution in [1.29, 1.82) is 0 Å². The van der Waals surface area contributed by atoms with Crippen LogP contribution in [0.3, 0.4) is 0 Å². The van der Waals surface area contributed by atoms with Crippen LogP contribution in [-0.2, 0) is 5.54 Å². The molecule has 0 aromatic heterocycles. The number of hydrogen-bond acceptors (Lipinski definition) is 1. The summed E-state index contributed by atoms with van der Waals surface area (Å²) in [6, 6.07) is 7.94. The van der Waals surface area contributed by atoms with Crippen molar-refractivity contribution in [1.82, 2.24) is 10.2 Å². The lowest BCUT2D eigenvalue weighted by molar-refractivity contribution is 0.194. The van der Waals surface area contributed by atoms with Crippen LogP contribution in [0.15, 0.2) is 24.3 Å². The van der Waals surface area contributed by atoms with E-state index >= 15 is 0 Å². The molecule has 2 amide bonds. The van der Waals surface area contributed by atoms with Gasteiger partial charge in [0.25, 0.3) is 0 Å². The van der Waals surface area contributed by atoms with E-state index < -0.39 is 0 Å². The number of nitrogens with one attached hydrogen (secondary N) is 1. The highest BCUT2D eigenvalue weighted by molar-refractivity contribution is 6.30. The molecule has 4 heteroatoms. The zero-order valence-electron chi connectivity index (χ0n) is 11.7. The Balaban J connectivity index is 1.67. The molecule has 0 atom stereocenters. The van der Waals surface area contributed by atoms with E-state index in [0.717, 1.165) is 43.8 Å². The molecule has 1 aliphatic carbocycles. The molecule has 1 aromatic carbocycles. The SMILES string of the molecule is O=C(NC1(c2ccc(Cl)cc2)CC1)N1CCCCCC1. The van der Waals surface area contributed by atoms with Gasteiger partial charge in [-0.2, -0.15) is 0 Å². The molecule has 2 fully saturated rings. The topological polar surface area (TPSA) is 32.3 Å². The van der Waals surface area contributed by atoms with Crippen LogP contribution in [0.25, 0.3) is 0 Å². The van der Waals surface area contributed by atoms with E-state index in [2.05, 4.69) is 5.32 Å². The van der Waals surface area contributed by atoms with E-state index in [1.165, 1.54) is 18.4 Å². The fourth-order valence-corrected chi connectivity index (χ4v) is 3.06. The summed E-state index contributed by atoms with van der Waals surface area (Å²) in [4.78, 5) is 14.4. The van der Waals surface area contributed by atoms with E-state index in [0.29, 0.717) is 0 Å². The molecule has 3 nitrogen and oxygen atoms in total. The predicted octanol–water partition coefficient (Wildman–Crippen LogP) is 3.91. The summed E-state index contributed by atoms with van der Waals surface area (Å²) in [5.74, 6) is 0. The van der Waals surface area contributed by atoms with Crippen molar-refractivity contribution in [3.05, 3.63) is 34.9 Å². The van der Waals surface area contributed by atoms with Gasteiger partial charge in [-0.05, 0) is 43.4 Å². The van der Waals surface area contributed by atoms with E-state index in [1.54, 1.807) is 0 Å². The first-order valence-electron chi connectivity index (χ1n) is 7.53. The number of amides is 2. The number of likely N-dealkylation sites (tertiary alicyclic amines) is 1. The second-order valence-corrected chi connectivity index (χ2v) is 6.36. The van der Waals surface area contributed by atoms with E-state index in [1.807, 2.05) is 29.2 Å². The Kier molecular flexibility index (Phi) is 3.88. The quantitative estimate of drug-likeness (QED) is 0.880. The van der Waals surface area contributed by atoms with Gasteiger partial charge >= 0.3 is 6.03 Å². The summed E-state index contributed by atoms with van der Waals surface area (Å²) in [6.45, 7) is 1.78. The molecule has 1 N–H and O–H groups in total. The normalized spacial score (nSPS) is 21.1. The summed E-state index contributed by atoms with van der Waals surface area (Å²) in [6.07, 6.45) is 6.78. The number of halogens is 1. The first-order valence-corrected chi connectivity index (χ1v) is 7.91. The van der Waals surface area contributed by atoms with Gasteiger partial charge in [-0.25, -0.2) is 4.79 Å². The summed E-state index contributed by atoms with van der Waals surface area (Å²) in [7, 11) is 0. The minimum absolute atomic E-state index is 0.0966. The summed E-state index contributed by atoms with van der Waals surface area (Å²) >= 11 is 5.93. The minimum atomic E-state index is -0.145. The molecule has 0 radical (unpaired) electrons. The first-order chi connectivity index (χ1) is 9.70. The maximum atomic E-state index is 12.4. The standard InChI is InChI=1S/C16H21ClN2O/c17-14-7-5-13(6-8-14)16(9-10-16)18-15(20)19-11-3-1-2-4-12-19/h5-8H,1-4,9-12H2,(H,18,20). The third kappa shape index (κ3) is 2.93. The molecular formula is C16H21ClN2O. The van der Waals surface area contributed by atoms with Crippen molar-refractivity contribution in [2.75, 3.05) is 13.1 Å². The van der Waals surface area contributed by atoms with Crippen molar-refractivity contribution in [2.24, 2.45) is 0 Å². The van der Waals surface area contributed by atoms with Crippen molar-refractivity contribution in [3.8, 4) is 0 Å². The lowest BCUT2D eigenvalue weighted by Crippen LogP contribution is -2.45. The van der Waals surface area contributed by atoms with Gasteiger partial charge in [0.1, 0.15) is 0 Å². The molecule has 0 bridgehead atoms. The summed E-state index contributed by atoms with van der Waals surface area (Å²) in [5.41, 5.74) is 1.03. The highest BCUT2D eigenvalue weighted by Gasteiger charge is 2.46. The van der Waals surface area contributed by atoms with Crippen LogP contribution in [0.5, 0.6) is 0 Å². The molecule has 1 saturated carbocycles. The Morgan fingerprint density at radius 2 is 1.65 bits per heavy atom. The van der Waals surface area contributed by atoms with Gasteiger partial charge in [-0.1, -0.05) is 36.6 Å². The Morgan fingerprint density at radius 1 is 1.05 bits per heavy atom. The molecule has 1 saturated heterocycles. The predicted molar refractivity (Wildman–Crippen MR) is 80.9 cm³/mol. The van der Waals surface area contributed by atoms with Gasteiger partial charge < -0.3 is 10.2 Å². The fourth-order valence-electron chi connectivity index (χ4n) is 2.94. The number of nitrogens with zero attached hydrogens (tertiary/aromatic N) is 1.